The number of hydrogen-bond acceptors (Lipinski definition) is 7. The summed E-state index contributed by atoms with van der Waals surface area (Å²) >= 11 is 4.61. The number of halogens is 1. The van der Waals surface area contributed by atoms with Gasteiger partial charge < -0.3 is 20.1 Å². The van der Waals surface area contributed by atoms with Gasteiger partial charge in [-0.25, -0.2) is 4.98 Å². The number of carbonyl (C=O) groups excluding carboxylic acids is 1. The molecule has 7 nitrogen and oxygen atoms in total. The molecule has 0 bridgehead atoms. The van der Waals surface area contributed by atoms with Crippen LogP contribution in [0.25, 0.3) is 10.6 Å². The second kappa shape index (κ2) is 9.17. The summed E-state index contributed by atoms with van der Waals surface area (Å²) < 4.78 is 10.6. The average Bonchev–Trinajstić information content (AvgIpc) is 3.37. The van der Waals surface area contributed by atoms with Crippen LogP contribution < -0.4 is 15.0 Å². The quantitative estimate of drug-likeness (QED) is 0.483. The maximum absolute atomic E-state index is 13.0. The van der Waals surface area contributed by atoms with Gasteiger partial charge in [0, 0.05) is 23.4 Å². The molecule has 9 heteroatoms. The van der Waals surface area contributed by atoms with Crippen molar-refractivity contribution in [2.75, 3.05) is 29.9 Å². The number of nitrogens with one attached hydrogen (secondary N) is 1. The third-order valence-electron chi connectivity index (χ3n) is 5.18. The summed E-state index contributed by atoms with van der Waals surface area (Å²) in [5, 5.41) is 14.1. The van der Waals surface area contributed by atoms with E-state index in [2.05, 4.69) is 30.6 Å². The number of carbonyl (C=O) groups is 1. The number of aryl methyl sites for hydroxylation is 1. The molecule has 0 fully saturated rings. The lowest BCUT2D eigenvalue weighted by Gasteiger charge is -2.21. The molecule has 0 aliphatic carbocycles. The van der Waals surface area contributed by atoms with Crippen molar-refractivity contribution >= 4 is 44.7 Å². The van der Waals surface area contributed by atoms with Crippen molar-refractivity contribution in [2.24, 2.45) is 0 Å². The third kappa shape index (κ3) is 5.11. The van der Waals surface area contributed by atoms with Crippen molar-refractivity contribution in [3.8, 4) is 16.3 Å². The molecule has 32 heavy (non-hydrogen) atoms. The zero-order valence-electron chi connectivity index (χ0n) is 18.2. The van der Waals surface area contributed by atoms with Crippen molar-refractivity contribution < 1.29 is 14.6 Å². The first-order chi connectivity index (χ1) is 15.2. The number of ether oxygens (including phenoxy) is 1. The Morgan fingerprint density at radius 2 is 2.16 bits per heavy atom. The fourth-order valence-electron chi connectivity index (χ4n) is 3.59. The maximum atomic E-state index is 13.0. The molecule has 0 spiro atoms. The van der Waals surface area contributed by atoms with Crippen molar-refractivity contribution in [1.29, 1.82) is 0 Å². The van der Waals surface area contributed by atoms with E-state index >= 15 is 0 Å². The SMILES string of the molecule is Cc1ccc(-c2nc(Br)ns2)cc1NCC(=O)N1CCc2c(OCC(C)(C)O)cccc21. The molecular weight excluding hydrogens is 492 g/mol. The van der Waals surface area contributed by atoms with Crippen LogP contribution in [0.3, 0.4) is 0 Å². The second-order valence-corrected chi connectivity index (χ2v) is 9.86. The van der Waals surface area contributed by atoms with Crippen molar-refractivity contribution in [3.05, 3.63) is 52.3 Å². The molecule has 1 aliphatic rings. The van der Waals surface area contributed by atoms with Crippen LogP contribution in [-0.4, -0.2) is 45.7 Å². The van der Waals surface area contributed by atoms with Crippen LogP contribution in [0.15, 0.2) is 41.1 Å². The molecule has 3 aromatic rings. The fourth-order valence-corrected chi connectivity index (χ4v) is 4.66. The highest BCUT2D eigenvalue weighted by Gasteiger charge is 2.27. The molecule has 0 unspecified atom stereocenters. The topological polar surface area (TPSA) is 87.6 Å². The van der Waals surface area contributed by atoms with Crippen LogP contribution >= 0.6 is 27.5 Å². The molecule has 1 amide bonds. The van der Waals surface area contributed by atoms with Gasteiger partial charge in [-0.3, -0.25) is 4.79 Å². The zero-order valence-corrected chi connectivity index (χ0v) is 20.6. The lowest BCUT2D eigenvalue weighted by Crippen LogP contribution is -2.34. The zero-order chi connectivity index (χ0) is 22.9. The molecule has 1 aromatic heterocycles. The summed E-state index contributed by atoms with van der Waals surface area (Å²) in [5.41, 5.74) is 3.85. The summed E-state index contributed by atoms with van der Waals surface area (Å²) in [7, 11) is 0. The van der Waals surface area contributed by atoms with Crippen molar-refractivity contribution in [2.45, 2.75) is 32.8 Å². The van der Waals surface area contributed by atoms with E-state index < -0.39 is 5.60 Å². The summed E-state index contributed by atoms with van der Waals surface area (Å²) in [6, 6.07) is 11.7. The number of amides is 1. The Bertz CT molecular complexity index is 1140. The highest BCUT2D eigenvalue weighted by atomic mass is 79.9. The van der Waals surface area contributed by atoms with E-state index in [9.17, 15) is 9.90 Å². The van der Waals surface area contributed by atoms with E-state index in [-0.39, 0.29) is 19.1 Å². The van der Waals surface area contributed by atoms with Gasteiger partial charge in [0.2, 0.25) is 10.6 Å². The lowest BCUT2D eigenvalue weighted by molar-refractivity contribution is -0.116. The maximum Gasteiger partial charge on any atom is 0.246 e. The number of rotatable bonds is 7. The van der Waals surface area contributed by atoms with E-state index in [0.29, 0.717) is 11.3 Å². The predicted octanol–water partition coefficient (Wildman–Crippen LogP) is 4.43. The monoisotopic (exact) mass is 516 g/mol. The molecular formula is C23H25BrN4O3S. The second-order valence-electron chi connectivity index (χ2n) is 8.40. The molecule has 2 aromatic carbocycles. The fraction of sp³-hybridized carbons (Fsp3) is 0.348. The normalized spacial score (nSPS) is 13.2. The summed E-state index contributed by atoms with van der Waals surface area (Å²) in [5.74, 6) is 0.714. The molecule has 0 atom stereocenters. The predicted molar refractivity (Wildman–Crippen MR) is 131 cm³/mol. The van der Waals surface area contributed by atoms with Crippen LogP contribution in [0, 0.1) is 6.92 Å². The van der Waals surface area contributed by atoms with Gasteiger partial charge in [-0.1, -0.05) is 18.2 Å². The van der Waals surface area contributed by atoms with E-state index in [1.54, 1.807) is 18.7 Å². The molecule has 1 aliphatic heterocycles. The van der Waals surface area contributed by atoms with Gasteiger partial charge in [0.15, 0.2) is 0 Å². The number of nitrogens with zero attached hydrogens (tertiary/aromatic N) is 3. The van der Waals surface area contributed by atoms with Crippen LogP contribution in [0.1, 0.15) is 25.0 Å². The summed E-state index contributed by atoms with van der Waals surface area (Å²) in [4.78, 5) is 19.2. The van der Waals surface area contributed by atoms with E-state index in [1.807, 2.05) is 43.3 Å². The van der Waals surface area contributed by atoms with Gasteiger partial charge in [-0.2, -0.15) is 4.37 Å². The van der Waals surface area contributed by atoms with Crippen LogP contribution in [0.5, 0.6) is 5.75 Å². The smallest absolute Gasteiger partial charge is 0.246 e. The minimum Gasteiger partial charge on any atom is -0.490 e. The molecule has 0 saturated carbocycles. The number of benzene rings is 2. The van der Waals surface area contributed by atoms with Gasteiger partial charge in [0.1, 0.15) is 17.4 Å². The summed E-state index contributed by atoms with van der Waals surface area (Å²) in [6.45, 7) is 6.40. The first-order valence-electron chi connectivity index (χ1n) is 10.3. The largest absolute Gasteiger partial charge is 0.490 e. The van der Waals surface area contributed by atoms with E-state index in [0.717, 1.165) is 45.2 Å². The van der Waals surface area contributed by atoms with Gasteiger partial charge in [-0.15, -0.1) is 0 Å². The van der Waals surface area contributed by atoms with Crippen LogP contribution in [-0.2, 0) is 11.2 Å². The Morgan fingerprint density at radius 3 is 2.88 bits per heavy atom. The van der Waals surface area contributed by atoms with Gasteiger partial charge >= 0.3 is 0 Å². The molecule has 168 valence electrons. The Kier molecular flexibility index (Phi) is 6.50. The van der Waals surface area contributed by atoms with Gasteiger partial charge in [0.25, 0.3) is 0 Å². The number of anilines is 2. The van der Waals surface area contributed by atoms with Crippen LogP contribution in [0.4, 0.5) is 11.4 Å². The highest BCUT2D eigenvalue weighted by Crippen LogP contribution is 2.35. The van der Waals surface area contributed by atoms with E-state index in [4.69, 9.17) is 4.74 Å². The average molecular weight is 517 g/mol. The number of hydrogen-bond donors (Lipinski definition) is 2. The molecule has 0 radical (unpaired) electrons. The Balaban J connectivity index is 1.45. The lowest BCUT2D eigenvalue weighted by atomic mass is 10.1. The number of aliphatic hydroxyl groups is 1. The highest BCUT2D eigenvalue weighted by molar-refractivity contribution is 9.10. The molecule has 4 rings (SSSR count). The minimum atomic E-state index is -0.919. The molecule has 2 N–H and O–H groups in total. The van der Waals surface area contributed by atoms with Crippen molar-refractivity contribution in [3.63, 3.8) is 0 Å². The molecule has 2 heterocycles. The summed E-state index contributed by atoms with van der Waals surface area (Å²) in [6.07, 6.45) is 0.726. The van der Waals surface area contributed by atoms with E-state index in [1.165, 1.54) is 11.5 Å². The Hall–Kier alpha value is -2.49. The number of aromatic nitrogens is 2. The first-order valence-corrected chi connectivity index (χ1v) is 11.9. The Labute approximate surface area is 199 Å². The third-order valence-corrected chi connectivity index (χ3v) is 6.54. The first kappa shape index (κ1) is 22.7. The Morgan fingerprint density at radius 1 is 1.34 bits per heavy atom. The standard InChI is InChI=1S/C23H25BrN4O3S/c1-14-7-8-15(21-26-22(24)27-32-21)11-17(14)25-12-20(29)28-10-9-16-18(28)5-4-6-19(16)31-13-23(2,3)30/h4-8,11,25,30H,9-10,12-13H2,1-3H3. The minimum absolute atomic E-state index is 0.00755. The van der Waals surface area contributed by atoms with Gasteiger partial charge in [-0.05, 0) is 78.4 Å². The molecule has 0 saturated heterocycles. The van der Waals surface area contributed by atoms with Crippen molar-refractivity contribution in [1.82, 2.24) is 9.36 Å². The van der Waals surface area contributed by atoms with Gasteiger partial charge in [0.05, 0.1) is 17.8 Å². The number of fused-ring (bicyclic) bond motifs is 1. The van der Waals surface area contributed by atoms with Crippen LogP contribution in [0.2, 0.25) is 0 Å².